The number of amides is 1. The molecule has 0 saturated carbocycles. The third kappa shape index (κ3) is 4.44. The first-order valence-electron chi connectivity index (χ1n) is 9.42. The van der Waals surface area contributed by atoms with E-state index in [1.54, 1.807) is 0 Å². The fourth-order valence-corrected chi connectivity index (χ4v) is 3.54. The van der Waals surface area contributed by atoms with Crippen molar-refractivity contribution in [2.75, 3.05) is 37.6 Å². The second-order valence-electron chi connectivity index (χ2n) is 7.18. The summed E-state index contributed by atoms with van der Waals surface area (Å²) in [4.78, 5) is 17.1. The largest absolute Gasteiger partial charge is 0.369 e. The van der Waals surface area contributed by atoms with Crippen LogP contribution in [0.4, 0.5) is 5.69 Å². The van der Waals surface area contributed by atoms with E-state index in [1.165, 1.54) is 16.8 Å². The molecule has 1 saturated heterocycles. The average molecular weight is 351 g/mol. The smallest absolute Gasteiger partial charge is 0.234 e. The van der Waals surface area contributed by atoms with Crippen LogP contribution in [-0.4, -0.2) is 43.5 Å². The molecule has 4 heteroatoms. The topological polar surface area (TPSA) is 35.6 Å². The van der Waals surface area contributed by atoms with Crippen molar-refractivity contribution in [1.29, 1.82) is 0 Å². The zero-order valence-corrected chi connectivity index (χ0v) is 16.0. The summed E-state index contributed by atoms with van der Waals surface area (Å²) in [6.45, 7) is 10.6. The van der Waals surface area contributed by atoms with Gasteiger partial charge in [0.2, 0.25) is 5.91 Å². The summed E-state index contributed by atoms with van der Waals surface area (Å²) in [6, 6.07) is 16.6. The molecule has 138 valence electrons. The molecule has 0 radical (unpaired) electrons. The molecule has 0 spiro atoms. The van der Waals surface area contributed by atoms with Crippen molar-refractivity contribution in [3.05, 3.63) is 65.2 Å². The molecule has 1 heterocycles. The monoisotopic (exact) mass is 351 g/mol. The third-order valence-electron chi connectivity index (χ3n) is 5.33. The lowest BCUT2D eigenvalue weighted by atomic mass is 10.1. The van der Waals surface area contributed by atoms with Crippen LogP contribution in [-0.2, 0) is 4.79 Å². The minimum atomic E-state index is 0.0416. The minimum Gasteiger partial charge on any atom is -0.369 e. The number of aryl methyl sites for hydroxylation is 1. The van der Waals surface area contributed by atoms with E-state index in [4.69, 9.17) is 0 Å². The molecule has 1 amide bonds. The SMILES string of the molecule is Cc1cccc(N2CCN(CC(=O)N[C@H](C)c3ccccc3)CC2)c1C. The van der Waals surface area contributed by atoms with E-state index in [0.717, 1.165) is 31.7 Å². The van der Waals surface area contributed by atoms with Gasteiger partial charge >= 0.3 is 0 Å². The fourth-order valence-electron chi connectivity index (χ4n) is 3.54. The maximum absolute atomic E-state index is 12.4. The standard InChI is InChI=1S/C22H29N3O/c1-17-8-7-11-21(18(17)2)25-14-12-24(13-15-25)16-22(26)23-19(3)20-9-5-4-6-10-20/h4-11,19H,12-16H2,1-3H3,(H,23,26)/t19-/m1/s1. The molecule has 26 heavy (non-hydrogen) atoms. The Hall–Kier alpha value is -2.33. The number of benzene rings is 2. The Morgan fingerprint density at radius 3 is 2.38 bits per heavy atom. The summed E-state index contributed by atoms with van der Waals surface area (Å²) in [5, 5.41) is 3.11. The molecule has 2 aromatic rings. The van der Waals surface area contributed by atoms with E-state index in [1.807, 2.05) is 37.3 Å². The predicted octanol–water partition coefficient (Wildman–Crippen LogP) is 3.30. The number of carbonyl (C=O) groups excluding carboxylic acids is 1. The van der Waals surface area contributed by atoms with Crippen molar-refractivity contribution in [3.8, 4) is 0 Å². The molecule has 1 N–H and O–H groups in total. The van der Waals surface area contributed by atoms with E-state index in [0.29, 0.717) is 6.54 Å². The summed E-state index contributed by atoms with van der Waals surface area (Å²) >= 11 is 0. The highest BCUT2D eigenvalue weighted by Crippen LogP contribution is 2.23. The Balaban J connectivity index is 1.49. The number of nitrogens with one attached hydrogen (secondary N) is 1. The molecule has 0 aromatic heterocycles. The van der Waals surface area contributed by atoms with E-state index in [9.17, 15) is 4.79 Å². The van der Waals surface area contributed by atoms with Crippen LogP contribution in [0.15, 0.2) is 48.5 Å². The summed E-state index contributed by atoms with van der Waals surface area (Å²) in [7, 11) is 0. The quantitative estimate of drug-likeness (QED) is 0.898. The van der Waals surface area contributed by atoms with Crippen LogP contribution >= 0.6 is 0 Å². The Labute approximate surface area is 156 Å². The van der Waals surface area contributed by atoms with Crippen molar-refractivity contribution in [2.24, 2.45) is 0 Å². The molecule has 0 aliphatic carbocycles. The zero-order valence-electron chi connectivity index (χ0n) is 16.0. The molecule has 3 rings (SSSR count). The van der Waals surface area contributed by atoms with Gasteiger partial charge in [0.1, 0.15) is 0 Å². The number of hydrogen-bond acceptors (Lipinski definition) is 3. The highest BCUT2D eigenvalue weighted by atomic mass is 16.2. The number of rotatable bonds is 5. The Morgan fingerprint density at radius 1 is 1.00 bits per heavy atom. The van der Waals surface area contributed by atoms with Gasteiger partial charge in [0, 0.05) is 31.9 Å². The Morgan fingerprint density at radius 2 is 1.69 bits per heavy atom. The van der Waals surface area contributed by atoms with Crippen molar-refractivity contribution in [1.82, 2.24) is 10.2 Å². The number of anilines is 1. The van der Waals surface area contributed by atoms with Gasteiger partial charge in [-0.2, -0.15) is 0 Å². The van der Waals surface area contributed by atoms with Crippen LogP contribution in [0.5, 0.6) is 0 Å². The number of hydrogen-bond donors (Lipinski definition) is 1. The average Bonchev–Trinajstić information content (AvgIpc) is 2.65. The van der Waals surface area contributed by atoms with Gasteiger partial charge in [-0.25, -0.2) is 0 Å². The summed E-state index contributed by atoms with van der Waals surface area (Å²) in [5.41, 5.74) is 5.15. The second-order valence-corrected chi connectivity index (χ2v) is 7.18. The Bertz CT molecular complexity index is 736. The van der Waals surface area contributed by atoms with Gasteiger partial charge in [-0.05, 0) is 43.5 Å². The van der Waals surface area contributed by atoms with E-state index >= 15 is 0 Å². The zero-order chi connectivity index (χ0) is 18.5. The number of piperazine rings is 1. The molecule has 0 bridgehead atoms. The van der Waals surface area contributed by atoms with Gasteiger partial charge in [-0.3, -0.25) is 9.69 Å². The van der Waals surface area contributed by atoms with Crippen molar-refractivity contribution in [3.63, 3.8) is 0 Å². The molecule has 0 unspecified atom stereocenters. The van der Waals surface area contributed by atoms with Crippen molar-refractivity contribution in [2.45, 2.75) is 26.8 Å². The third-order valence-corrected chi connectivity index (χ3v) is 5.33. The molecular formula is C22H29N3O. The first-order valence-corrected chi connectivity index (χ1v) is 9.42. The van der Waals surface area contributed by atoms with Crippen LogP contribution in [0.3, 0.4) is 0 Å². The molecule has 1 fully saturated rings. The minimum absolute atomic E-state index is 0.0416. The van der Waals surface area contributed by atoms with Gasteiger partial charge in [-0.1, -0.05) is 42.5 Å². The van der Waals surface area contributed by atoms with Gasteiger partial charge in [-0.15, -0.1) is 0 Å². The highest BCUT2D eigenvalue weighted by molar-refractivity contribution is 5.78. The van der Waals surface area contributed by atoms with Gasteiger partial charge in [0.15, 0.2) is 0 Å². The molecule has 1 aliphatic heterocycles. The lowest BCUT2D eigenvalue weighted by Crippen LogP contribution is -2.49. The normalized spacial score (nSPS) is 16.3. The van der Waals surface area contributed by atoms with Gasteiger partial charge < -0.3 is 10.2 Å². The van der Waals surface area contributed by atoms with Crippen molar-refractivity contribution >= 4 is 11.6 Å². The van der Waals surface area contributed by atoms with E-state index < -0.39 is 0 Å². The fraction of sp³-hybridized carbons (Fsp3) is 0.409. The second kappa shape index (κ2) is 8.37. The first-order chi connectivity index (χ1) is 12.5. The predicted molar refractivity (Wildman–Crippen MR) is 108 cm³/mol. The van der Waals surface area contributed by atoms with E-state index in [2.05, 4.69) is 47.2 Å². The molecule has 1 aliphatic rings. The lowest BCUT2D eigenvalue weighted by Gasteiger charge is -2.36. The molecule has 2 aromatic carbocycles. The summed E-state index contributed by atoms with van der Waals surface area (Å²) in [5.74, 6) is 0.0986. The number of nitrogens with zero attached hydrogens (tertiary/aromatic N) is 2. The number of carbonyl (C=O) groups is 1. The van der Waals surface area contributed by atoms with Gasteiger partial charge in [0.05, 0.1) is 12.6 Å². The molecule has 1 atom stereocenters. The first kappa shape index (κ1) is 18.5. The van der Waals surface area contributed by atoms with E-state index in [-0.39, 0.29) is 11.9 Å². The highest BCUT2D eigenvalue weighted by Gasteiger charge is 2.21. The maximum Gasteiger partial charge on any atom is 0.234 e. The maximum atomic E-state index is 12.4. The van der Waals surface area contributed by atoms with Crippen LogP contribution in [0, 0.1) is 13.8 Å². The summed E-state index contributed by atoms with van der Waals surface area (Å²) < 4.78 is 0. The van der Waals surface area contributed by atoms with Gasteiger partial charge in [0.25, 0.3) is 0 Å². The van der Waals surface area contributed by atoms with Crippen LogP contribution in [0.2, 0.25) is 0 Å². The van der Waals surface area contributed by atoms with Crippen LogP contribution in [0.25, 0.3) is 0 Å². The van der Waals surface area contributed by atoms with Crippen LogP contribution in [0.1, 0.15) is 29.7 Å². The summed E-state index contributed by atoms with van der Waals surface area (Å²) in [6.07, 6.45) is 0. The lowest BCUT2D eigenvalue weighted by molar-refractivity contribution is -0.123. The van der Waals surface area contributed by atoms with Crippen LogP contribution < -0.4 is 10.2 Å². The van der Waals surface area contributed by atoms with Crippen molar-refractivity contribution < 1.29 is 4.79 Å². The molecule has 4 nitrogen and oxygen atoms in total. The molecular weight excluding hydrogens is 322 g/mol. The Kier molecular flexibility index (Phi) is 5.94.